The molecule has 18 heavy (non-hydrogen) atoms. The van der Waals surface area contributed by atoms with E-state index in [-0.39, 0.29) is 6.42 Å². The molecule has 1 aromatic carbocycles. The molecule has 0 saturated carbocycles. The largest absolute Gasteiger partial charge is 0.480 e. The number of nitrogens with two attached hydrogens (primary N) is 1. The zero-order valence-corrected chi connectivity index (χ0v) is 10.7. The molecule has 0 aliphatic heterocycles. The molecule has 5 nitrogen and oxygen atoms in total. The SMILES string of the molecule is NC(CC(O)CCc1ccc(OS)cc1)C(=O)O. The zero-order valence-electron chi connectivity index (χ0n) is 9.82. The van der Waals surface area contributed by atoms with E-state index in [1.54, 1.807) is 12.1 Å². The first-order valence-corrected chi connectivity index (χ1v) is 5.96. The van der Waals surface area contributed by atoms with Gasteiger partial charge in [0.25, 0.3) is 0 Å². The van der Waals surface area contributed by atoms with Gasteiger partial charge in [-0.05, 0) is 37.0 Å². The minimum atomic E-state index is -1.09. The highest BCUT2D eigenvalue weighted by Gasteiger charge is 2.16. The Kier molecular flexibility index (Phi) is 5.97. The highest BCUT2D eigenvalue weighted by atomic mass is 32.1. The summed E-state index contributed by atoms with van der Waals surface area (Å²) in [6, 6.07) is 6.28. The van der Waals surface area contributed by atoms with Crippen LogP contribution in [-0.2, 0) is 11.2 Å². The Morgan fingerprint density at radius 1 is 1.39 bits per heavy atom. The van der Waals surface area contributed by atoms with E-state index >= 15 is 0 Å². The van der Waals surface area contributed by atoms with Gasteiger partial charge in [-0.15, -0.1) is 0 Å². The van der Waals surface area contributed by atoms with Crippen molar-refractivity contribution in [1.82, 2.24) is 0 Å². The van der Waals surface area contributed by atoms with E-state index in [0.29, 0.717) is 18.6 Å². The Hall–Kier alpha value is -1.24. The van der Waals surface area contributed by atoms with Crippen LogP contribution in [0, 0.1) is 0 Å². The molecule has 0 aliphatic rings. The van der Waals surface area contributed by atoms with Gasteiger partial charge < -0.3 is 20.1 Å². The van der Waals surface area contributed by atoms with Crippen LogP contribution in [0.5, 0.6) is 5.75 Å². The molecule has 0 saturated heterocycles. The fourth-order valence-corrected chi connectivity index (χ4v) is 1.68. The second-order valence-corrected chi connectivity index (χ2v) is 4.29. The molecule has 0 bridgehead atoms. The van der Waals surface area contributed by atoms with Crippen molar-refractivity contribution in [1.29, 1.82) is 0 Å². The molecule has 0 fully saturated rings. The number of carboxylic acids is 1. The van der Waals surface area contributed by atoms with Gasteiger partial charge in [-0.25, -0.2) is 0 Å². The normalized spacial score (nSPS) is 13.9. The average Bonchev–Trinajstić information content (AvgIpc) is 2.36. The maximum absolute atomic E-state index is 10.5. The number of aliphatic carboxylic acids is 1. The quantitative estimate of drug-likeness (QED) is 0.439. The first-order chi connectivity index (χ1) is 8.52. The fourth-order valence-electron chi connectivity index (χ4n) is 1.56. The van der Waals surface area contributed by atoms with E-state index in [1.165, 1.54) is 0 Å². The third kappa shape index (κ3) is 4.95. The summed E-state index contributed by atoms with van der Waals surface area (Å²) in [7, 11) is 0. The highest BCUT2D eigenvalue weighted by Crippen LogP contribution is 2.15. The number of hydrogen-bond donors (Lipinski definition) is 4. The zero-order chi connectivity index (χ0) is 13.5. The lowest BCUT2D eigenvalue weighted by Crippen LogP contribution is -2.34. The van der Waals surface area contributed by atoms with E-state index in [1.807, 2.05) is 12.1 Å². The third-order valence-corrected chi connectivity index (χ3v) is 2.85. The summed E-state index contributed by atoms with van der Waals surface area (Å²) in [5.74, 6) is -0.445. The molecule has 0 heterocycles. The predicted octanol–water partition coefficient (Wildman–Crippen LogP) is 1.01. The summed E-state index contributed by atoms with van der Waals surface area (Å²) in [6.45, 7) is 0. The van der Waals surface area contributed by atoms with E-state index in [9.17, 15) is 9.90 Å². The van der Waals surface area contributed by atoms with Crippen molar-refractivity contribution in [2.45, 2.75) is 31.4 Å². The first-order valence-electron chi connectivity index (χ1n) is 5.59. The number of aryl methyl sites for hydroxylation is 1. The molecule has 1 rings (SSSR count). The number of aliphatic hydroxyl groups excluding tert-OH is 1. The minimum Gasteiger partial charge on any atom is -0.480 e. The van der Waals surface area contributed by atoms with Crippen LogP contribution in [0.25, 0.3) is 0 Å². The number of carbonyl (C=O) groups is 1. The van der Waals surface area contributed by atoms with E-state index in [2.05, 4.69) is 12.9 Å². The van der Waals surface area contributed by atoms with Gasteiger partial charge in [0.05, 0.1) is 6.10 Å². The van der Waals surface area contributed by atoms with Crippen LogP contribution >= 0.6 is 12.9 Å². The number of aliphatic hydroxyl groups is 1. The molecular formula is C12H17NO4S. The van der Waals surface area contributed by atoms with Crippen LogP contribution < -0.4 is 9.92 Å². The molecule has 100 valence electrons. The first kappa shape index (κ1) is 14.8. The summed E-state index contributed by atoms with van der Waals surface area (Å²) in [6.07, 6.45) is 0.479. The fraction of sp³-hybridized carbons (Fsp3) is 0.417. The van der Waals surface area contributed by atoms with Gasteiger partial charge >= 0.3 is 5.97 Å². The highest BCUT2D eigenvalue weighted by molar-refractivity contribution is 7.75. The van der Waals surface area contributed by atoms with Crippen molar-refractivity contribution >= 4 is 18.9 Å². The molecule has 6 heteroatoms. The number of hydrogen-bond acceptors (Lipinski definition) is 5. The second-order valence-electron chi connectivity index (χ2n) is 4.11. The molecule has 2 atom stereocenters. The van der Waals surface area contributed by atoms with Crippen LogP contribution in [0.3, 0.4) is 0 Å². The second kappa shape index (κ2) is 7.25. The van der Waals surface area contributed by atoms with Crippen LogP contribution in [0.15, 0.2) is 24.3 Å². The standard InChI is InChI=1S/C12H17NO4S/c13-11(12(15)16)7-9(14)4-1-8-2-5-10(17-18)6-3-8/h2-3,5-6,9,11,14,18H,1,4,7,13H2,(H,15,16). The molecule has 0 aliphatic carbocycles. The Bertz CT molecular complexity index is 382. The Balaban J connectivity index is 2.37. The van der Waals surface area contributed by atoms with Crippen molar-refractivity contribution in [3.63, 3.8) is 0 Å². The monoisotopic (exact) mass is 271 g/mol. The summed E-state index contributed by atoms with van der Waals surface area (Å²) in [5.41, 5.74) is 6.37. The van der Waals surface area contributed by atoms with Gasteiger partial charge in [-0.1, -0.05) is 12.1 Å². The van der Waals surface area contributed by atoms with Crippen molar-refractivity contribution in [3.8, 4) is 5.75 Å². The Morgan fingerprint density at radius 2 is 2.00 bits per heavy atom. The van der Waals surface area contributed by atoms with Crippen LogP contribution in [0.1, 0.15) is 18.4 Å². The van der Waals surface area contributed by atoms with E-state index < -0.39 is 18.1 Å². The van der Waals surface area contributed by atoms with Gasteiger partial charge in [-0.2, -0.15) is 0 Å². The maximum Gasteiger partial charge on any atom is 0.320 e. The molecule has 1 aromatic rings. The number of thiol groups is 1. The lowest BCUT2D eigenvalue weighted by molar-refractivity contribution is -0.139. The molecular weight excluding hydrogens is 254 g/mol. The van der Waals surface area contributed by atoms with Crippen molar-refractivity contribution in [3.05, 3.63) is 29.8 Å². The van der Waals surface area contributed by atoms with Gasteiger partial charge in [0.1, 0.15) is 11.8 Å². The number of rotatable bonds is 7. The van der Waals surface area contributed by atoms with Crippen LogP contribution in [-0.4, -0.2) is 28.3 Å². The third-order valence-electron chi connectivity index (χ3n) is 2.64. The van der Waals surface area contributed by atoms with Crippen LogP contribution in [0.4, 0.5) is 0 Å². The number of benzene rings is 1. The molecule has 4 N–H and O–H groups in total. The smallest absolute Gasteiger partial charge is 0.320 e. The Labute approximate surface area is 111 Å². The lowest BCUT2D eigenvalue weighted by atomic mass is 10.0. The molecule has 0 aromatic heterocycles. The summed E-state index contributed by atoms with van der Waals surface area (Å²) < 4.78 is 4.74. The van der Waals surface area contributed by atoms with Crippen LogP contribution in [0.2, 0.25) is 0 Å². The van der Waals surface area contributed by atoms with Crippen molar-refractivity contribution < 1.29 is 19.2 Å². The molecule has 0 radical (unpaired) electrons. The van der Waals surface area contributed by atoms with Crippen molar-refractivity contribution in [2.75, 3.05) is 0 Å². The van der Waals surface area contributed by atoms with Gasteiger partial charge in [0.15, 0.2) is 0 Å². The lowest BCUT2D eigenvalue weighted by Gasteiger charge is -2.13. The minimum absolute atomic E-state index is 0.0627. The van der Waals surface area contributed by atoms with E-state index in [4.69, 9.17) is 15.0 Å². The summed E-state index contributed by atoms with van der Waals surface area (Å²) in [4.78, 5) is 10.5. The molecule has 2 unspecified atom stereocenters. The predicted molar refractivity (Wildman–Crippen MR) is 70.6 cm³/mol. The summed E-state index contributed by atoms with van der Waals surface area (Å²) >= 11 is 3.68. The van der Waals surface area contributed by atoms with Gasteiger partial charge in [0.2, 0.25) is 0 Å². The van der Waals surface area contributed by atoms with Crippen molar-refractivity contribution in [2.24, 2.45) is 5.73 Å². The average molecular weight is 271 g/mol. The maximum atomic E-state index is 10.5. The van der Waals surface area contributed by atoms with Gasteiger partial charge in [0, 0.05) is 12.9 Å². The summed E-state index contributed by atoms with van der Waals surface area (Å²) in [5, 5.41) is 18.3. The number of carboxylic acid groups (broad SMARTS) is 1. The van der Waals surface area contributed by atoms with E-state index in [0.717, 1.165) is 5.56 Å². The Morgan fingerprint density at radius 3 is 2.50 bits per heavy atom. The molecule has 0 amide bonds. The molecule has 0 spiro atoms. The van der Waals surface area contributed by atoms with Gasteiger partial charge in [-0.3, -0.25) is 4.79 Å². The topological polar surface area (TPSA) is 92.8 Å².